The summed E-state index contributed by atoms with van der Waals surface area (Å²) in [5.74, 6) is 0.677. The van der Waals surface area contributed by atoms with Crippen molar-refractivity contribution in [2.75, 3.05) is 13.1 Å². The number of imidazole rings is 1. The van der Waals surface area contributed by atoms with E-state index >= 15 is 0 Å². The Hall–Kier alpha value is -3.65. The van der Waals surface area contributed by atoms with Crippen molar-refractivity contribution in [3.05, 3.63) is 54.6 Å². The van der Waals surface area contributed by atoms with Crippen LogP contribution in [-0.2, 0) is 6.54 Å². The van der Waals surface area contributed by atoms with Gasteiger partial charge in [0.1, 0.15) is 5.52 Å². The molecule has 6 heterocycles. The summed E-state index contributed by atoms with van der Waals surface area (Å²) in [5, 5.41) is 7.53. The minimum atomic E-state index is 0.677. The van der Waals surface area contributed by atoms with Gasteiger partial charge in [0.05, 0.1) is 28.4 Å². The first-order chi connectivity index (χ1) is 15.3. The molecule has 0 unspecified atom stereocenters. The molecular weight excluding hydrogens is 388 g/mol. The summed E-state index contributed by atoms with van der Waals surface area (Å²) < 4.78 is 0. The molecule has 31 heavy (non-hydrogen) atoms. The maximum absolute atomic E-state index is 4.92. The van der Waals surface area contributed by atoms with Crippen LogP contribution in [0.15, 0.2) is 49.1 Å². The Morgan fingerprint density at radius 1 is 0.903 bits per heavy atom. The van der Waals surface area contributed by atoms with Crippen molar-refractivity contribution < 1.29 is 0 Å². The van der Waals surface area contributed by atoms with Gasteiger partial charge in [0.25, 0.3) is 0 Å². The zero-order valence-corrected chi connectivity index (χ0v) is 17.0. The number of nitrogens with zero attached hydrogens (tertiary/aromatic N) is 6. The average molecular weight is 410 g/mol. The molecule has 6 rings (SSSR count). The number of pyridine rings is 3. The van der Waals surface area contributed by atoms with Gasteiger partial charge in [-0.25, -0.2) is 9.97 Å². The Labute approximate surface area is 178 Å². The number of nitrogens with one attached hydrogen (secondary N) is 2. The molecule has 0 saturated carbocycles. The molecule has 0 amide bonds. The normalized spacial score (nSPS) is 15.1. The number of aromatic nitrogens is 7. The van der Waals surface area contributed by atoms with E-state index in [1.165, 1.54) is 37.9 Å². The van der Waals surface area contributed by atoms with Gasteiger partial charge in [0, 0.05) is 30.7 Å². The van der Waals surface area contributed by atoms with Gasteiger partial charge < -0.3 is 4.98 Å². The molecule has 0 bridgehead atoms. The van der Waals surface area contributed by atoms with E-state index in [1.807, 2.05) is 30.6 Å². The largest absolute Gasteiger partial charge is 0.335 e. The van der Waals surface area contributed by atoms with Gasteiger partial charge in [-0.2, -0.15) is 5.10 Å². The second kappa shape index (κ2) is 7.55. The van der Waals surface area contributed by atoms with E-state index in [0.29, 0.717) is 11.5 Å². The standard InChI is InChI=1S/C23H22N8/c1-2-8-31(9-3-1)14-15-10-16(12-25-11-15)17-4-5-19-21(26-17)22(30-29-19)23-27-18-6-7-24-13-20(18)28-23/h4-7,10-13H,1-3,8-9,14H2,(H,27,28)(H,29,30). The molecule has 1 aliphatic heterocycles. The van der Waals surface area contributed by atoms with Crippen LogP contribution in [0.1, 0.15) is 24.8 Å². The summed E-state index contributed by atoms with van der Waals surface area (Å²) in [4.78, 5) is 24.0. The molecule has 5 aromatic heterocycles. The van der Waals surface area contributed by atoms with Crippen LogP contribution in [-0.4, -0.2) is 53.1 Å². The molecule has 0 aliphatic carbocycles. The van der Waals surface area contributed by atoms with Crippen molar-refractivity contribution in [2.24, 2.45) is 0 Å². The highest BCUT2D eigenvalue weighted by molar-refractivity contribution is 5.91. The van der Waals surface area contributed by atoms with Crippen molar-refractivity contribution >= 4 is 22.1 Å². The van der Waals surface area contributed by atoms with Gasteiger partial charge in [-0.15, -0.1) is 0 Å². The van der Waals surface area contributed by atoms with E-state index in [0.717, 1.165) is 39.9 Å². The van der Waals surface area contributed by atoms with Crippen LogP contribution in [0.5, 0.6) is 0 Å². The highest BCUT2D eigenvalue weighted by Gasteiger charge is 2.16. The first-order valence-corrected chi connectivity index (χ1v) is 10.7. The third kappa shape index (κ3) is 3.44. The molecule has 1 saturated heterocycles. The fourth-order valence-electron chi connectivity index (χ4n) is 4.28. The summed E-state index contributed by atoms with van der Waals surface area (Å²) >= 11 is 0. The van der Waals surface area contributed by atoms with E-state index in [9.17, 15) is 0 Å². The topological polar surface area (TPSA) is 99.3 Å². The Balaban J connectivity index is 1.36. The number of piperidine rings is 1. The van der Waals surface area contributed by atoms with Gasteiger partial charge in [-0.3, -0.25) is 20.0 Å². The fraction of sp³-hybridized carbons (Fsp3) is 0.261. The second-order valence-corrected chi connectivity index (χ2v) is 8.06. The summed E-state index contributed by atoms with van der Waals surface area (Å²) in [5.41, 5.74) is 7.19. The average Bonchev–Trinajstić information content (AvgIpc) is 3.43. The number of likely N-dealkylation sites (tertiary alicyclic amines) is 1. The lowest BCUT2D eigenvalue weighted by atomic mass is 10.1. The number of hydrogen-bond donors (Lipinski definition) is 2. The second-order valence-electron chi connectivity index (χ2n) is 8.06. The van der Waals surface area contributed by atoms with E-state index in [1.54, 1.807) is 12.4 Å². The smallest absolute Gasteiger partial charge is 0.161 e. The molecule has 0 spiro atoms. The molecule has 5 aromatic rings. The first-order valence-electron chi connectivity index (χ1n) is 10.7. The third-order valence-electron chi connectivity index (χ3n) is 5.86. The molecular formula is C23H22N8. The SMILES string of the molecule is c1cc2nc(-c3n[nH]c4ccc(-c5cncc(CN6CCCCC6)c5)nc34)[nH]c2cn1. The highest BCUT2D eigenvalue weighted by Crippen LogP contribution is 2.27. The molecule has 0 aromatic carbocycles. The monoisotopic (exact) mass is 410 g/mol. The third-order valence-corrected chi connectivity index (χ3v) is 5.86. The van der Waals surface area contributed by atoms with Crippen LogP contribution in [0.4, 0.5) is 0 Å². The maximum Gasteiger partial charge on any atom is 0.161 e. The van der Waals surface area contributed by atoms with Gasteiger partial charge in [-0.05, 0) is 55.8 Å². The fourth-order valence-corrected chi connectivity index (χ4v) is 4.28. The Kier molecular flexibility index (Phi) is 4.42. The molecule has 0 radical (unpaired) electrons. The molecule has 8 nitrogen and oxygen atoms in total. The van der Waals surface area contributed by atoms with E-state index in [4.69, 9.17) is 4.98 Å². The lowest BCUT2D eigenvalue weighted by Gasteiger charge is -2.26. The number of H-pyrrole nitrogens is 2. The van der Waals surface area contributed by atoms with Crippen molar-refractivity contribution in [3.8, 4) is 22.8 Å². The van der Waals surface area contributed by atoms with E-state index < -0.39 is 0 Å². The first kappa shape index (κ1) is 18.1. The summed E-state index contributed by atoms with van der Waals surface area (Å²) in [7, 11) is 0. The van der Waals surface area contributed by atoms with Gasteiger partial charge in [-0.1, -0.05) is 6.42 Å². The lowest BCUT2D eigenvalue weighted by Crippen LogP contribution is -2.29. The van der Waals surface area contributed by atoms with Crippen LogP contribution in [0.2, 0.25) is 0 Å². The molecule has 8 heteroatoms. The molecule has 1 aliphatic rings. The van der Waals surface area contributed by atoms with Crippen molar-refractivity contribution in [3.63, 3.8) is 0 Å². The minimum Gasteiger partial charge on any atom is -0.335 e. The predicted octanol–water partition coefficient (Wildman–Crippen LogP) is 3.94. The Bertz CT molecular complexity index is 1330. The summed E-state index contributed by atoms with van der Waals surface area (Å²) in [6.45, 7) is 3.27. The van der Waals surface area contributed by atoms with Gasteiger partial charge >= 0.3 is 0 Å². The Morgan fingerprint density at radius 3 is 2.74 bits per heavy atom. The zero-order chi connectivity index (χ0) is 20.6. The predicted molar refractivity (Wildman–Crippen MR) is 119 cm³/mol. The minimum absolute atomic E-state index is 0.677. The van der Waals surface area contributed by atoms with Crippen LogP contribution in [0, 0.1) is 0 Å². The lowest BCUT2D eigenvalue weighted by molar-refractivity contribution is 0.220. The zero-order valence-electron chi connectivity index (χ0n) is 17.0. The quantitative estimate of drug-likeness (QED) is 0.465. The van der Waals surface area contributed by atoms with Crippen molar-refractivity contribution in [1.29, 1.82) is 0 Å². The Morgan fingerprint density at radius 2 is 1.84 bits per heavy atom. The highest BCUT2D eigenvalue weighted by atomic mass is 15.2. The van der Waals surface area contributed by atoms with Crippen LogP contribution in [0.25, 0.3) is 44.8 Å². The summed E-state index contributed by atoms with van der Waals surface area (Å²) in [6, 6.07) is 8.09. The number of rotatable bonds is 4. The van der Waals surface area contributed by atoms with Crippen LogP contribution >= 0.6 is 0 Å². The number of aromatic amines is 2. The van der Waals surface area contributed by atoms with Gasteiger partial charge in [0.2, 0.25) is 0 Å². The molecule has 2 N–H and O–H groups in total. The molecule has 154 valence electrons. The summed E-state index contributed by atoms with van der Waals surface area (Å²) in [6.07, 6.45) is 11.2. The van der Waals surface area contributed by atoms with E-state index in [-0.39, 0.29) is 0 Å². The molecule has 1 fully saturated rings. The van der Waals surface area contributed by atoms with Crippen LogP contribution in [0.3, 0.4) is 0 Å². The van der Waals surface area contributed by atoms with E-state index in [2.05, 4.69) is 41.1 Å². The van der Waals surface area contributed by atoms with Crippen LogP contribution < -0.4 is 0 Å². The van der Waals surface area contributed by atoms with Gasteiger partial charge in [0.15, 0.2) is 11.5 Å². The van der Waals surface area contributed by atoms with Crippen molar-refractivity contribution in [2.45, 2.75) is 25.8 Å². The number of fused-ring (bicyclic) bond motifs is 2. The maximum atomic E-state index is 4.92. The molecule has 0 atom stereocenters. The van der Waals surface area contributed by atoms with Crippen molar-refractivity contribution in [1.82, 2.24) is 40.0 Å². The number of hydrogen-bond acceptors (Lipinski definition) is 6.